The molecule has 0 N–H and O–H groups in total. The molecule has 0 aromatic heterocycles. The van der Waals surface area contributed by atoms with Crippen LogP contribution in [0.2, 0.25) is 5.02 Å². The minimum atomic E-state index is -0.131. The van der Waals surface area contributed by atoms with Crippen LogP contribution in [0.4, 0.5) is 0 Å². The molecule has 0 aliphatic rings. The summed E-state index contributed by atoms with van der Waals surface area (Å²) in [5, 5.41) is 0.343. The fraction of sp³-hybridized carbons (Fsp3) is 0.188. The number of ketones is 1. The van der Waals surface area contributed by atoms with Crippen LogP contribution in [0.15, 0.2) is 36.4 Å². The van der Waals surface area contributed by atoms with Gasteiger partial charge >= 0.3 is 0 Å². The van der Waals surface area contributed by atoms with Crippen LogP contribution in [0.3, 0.4) is 0 Å². The Labute approximate surface area is 123 Å². The summed E-state index contributed by atoms with van der Waals surface area (Å²) in [5.74, 6) is 0.849. The molecular weight excluding hydrogens is 276 g/mol. The molecule has 20 heavy (non-hydrogen) atoms. The Hall–Kier alpha value is -2.00. The summed E-state index contributed by atoms with van der Waals surface area (Å²) in [7, 11) is 3.05. The molecular formula is C16H15ClO3. The van der Waals surface area contributed by atoms with E-state index in [-0.39, 0.29) is 5.78 Å². The number of rotatable bonds is 4. The van der Waals surface area contributed by atoms with Gasteiger partial charge in [-0.25, -0.2) is 0 Å². The topological polar surface area (TPSA) is 35.5 Å². The Morgan fingerprint density at radius 2 is 1.60 bits per heavy atom. The SMILES string of the molecule is COc1cc(Cl)c(C(=O)c2ccccc2C)cc1OC. The van der Waals surface area contributed by atoms with E-state index in [0.29, 0.717) is 27.6 Å². The Bertz CT molecular complexity index is 650. The van der Waals surface area contributed by atoms with E-state index in [1.165, 1.54) is 14.2 Å². The molecule has 0 atom stereocenters. The highest BCUT2D eigenvalue weighted by Gasteiger charge is 2.18. The average Bonchev–Trinajstić information content (AvgIpc) is 2.46. The van der Waals surface area contributed by atoms with Gasteiger partial charge in [-0.15, -0.1) is 0 Å². The van der Waals surface area contributed by atoms with Gasteiger partial charge in [-0.3, -0.25) is 4.79 Å². The van der Waals surface area contributed by atoms with Crippen molar-refractivity contribution in [3.05, 3.63) is 58.1 Å². The lowest BCUT2D eigenvalue weighted by Crippen LogP contribution is -2.05. The van der Waals surface area contributed by atoms with Crippen molar-refractivity contribution in [2.24, 2.45) is 0 Å². The van der Waals surface area contributed by atoms with E-state index in [1.54, 1.807) is 18.2 Å². The molecule has 4 heteroatoms. The summed E-state index contributed by atoms with van der Waals surface area (Å²) in [6.07, 6.45) is 0. The predicted molar refractivity (Wildman–Crippen MR) is 79.2 cm³/mol. The molecule has 0 saturated heterocycles. The minimum absolute atomic E-state index is 0.131. The lowest BCUT2D eigenvalue weighted by Gasteiger charge is -2.12. The number of halogens is 1. The Kier molecular flexibility index (Phi) is 4.30. The second kappa shape index (κ2) is 5.97. The highest BCUT2D eigenvalue weighted by molar-refractivity contribution is 6.35. The van der Waals surface area contributed by atoms with Gasteiger partial charge in [0.2, 0.25) is 0 Å². The van der Waals surface area contributed by atoms with Gasteiger partial charge in [-0.2, -0.15) is 0 Å². The van der Waals surface area contributed by atoms with E-state index in [1.807, 2.05) is 25.1 Å². The zero-order chi connectivity index (χ0) is 14.7. The Balaban J connectivity index is 2.53. The monoisotopic (exact) mass is 290 g/mol. The molecule has 0 aliphatic carbocycles. The first kappa shape index (κ1) is 14.4. The lowest BCUT2D eigenvalue weighted by atomic mass is 9.99. The molecule has 104 valence electrons. The molecule has 0 bridgehead atoms. The van der Waals surface area contributed by atoms with E-state index in [0.717, 1.165) is 5.56 Å². The number of carbonyl (C=O) groups is 1. The van der Waals surface area contributed by atoms with Gasteiger partial charge in [0.05, 0.1) is 19.2 Å². The van der Waals surface area contributed by atoms with Crippen molar-refractivity contribution in [2.45, 2.75) is 6.92 Å². The number of hydrogen-bond donors (Lipinski definition) is 0. The number of aryl methyl sites for hydroxylation is 1. The molecule has 0 heterocycles. The third-order valence-electron chi connectivity index (χ3n) is 3.11. The largest absolute Gasteiger partial charge is 0.493 e. The summed E-state index contributed by atoms with van der Waals surface area (Å²) in [5.41, 5.74) is 1.93. The third kappa shape index (κ3) is 2.63. The first-order chi connectivity index (χ1) is 9.58. The van der Waals surface area contributed by atoms with Crippen LogP contribution in [0.1, 0.15) is 21.5 Å². The number of ether oxygens (including phenoxy) is 2. The molecule has 0 unspecified atom stereocenters. The maximum atomic E-state index is 12.6. The number of methoxy groups -OCH3 is 2. The molecule has 2 rings (SSSR count). The zero-order valence-corrected chi connectivity index (χ0v) is 12.3. The number of hydrogen-bond acceptors (Lipinski definition) is 3. The summed E-state index contributed by atoms with van der Waals surface area (Å²) in [6.45, 7) is 1.89. The van der Waals surface area contributed by atoms with Crippen LogP contribution >= 0.6 is 11.6 Å². The highest BCUT2D eigenvalue weighted by Crippen LogP contribution is 2.34. The molecule has 2 aromatic carbocycles. The van der Waals surface area contributed by atoms with E-state index in [2.05, 4.69) is 0 Å². The van der Waals surface area contributed by atoms with Gasteiger partial charge in [-0.1, -0.05) is 35.9 Å². The van der Waals surface area contributed by atoms with Gasteiger partial charge in [-0.05, 0) is 18.6 Å². The lowest BCUT2D eigenvalue weighted by molar-refractivity contribution is 0.103. The van der Waals surface area contributed by atoms with Crippen molar-refractivity contribution in [1.29, 1.82) is 0 Å². The van der Waals surface area contributed by atoms with E-state index >= 15 is 0 Å². The number of benzene rings is 2. The van der Waals surface area contributed by atoms with Crippen molar-refractivity contribution < 1.29 is 14.3 Å². The Morgan fingerprint density at radius 3 is 2.20 bits per heavy atom. The summed E-state index contributed by atoms with van der Waals surface area (Å²) >= 11 is 6.18. The second-order valence-corrected chi connectivity index (χ2v) is 4.74. The molecule has 0 radical (unpaired) electrons. The van der Waals surface area contributed by atoms with E-state index in [9.17, 15) is 4.79 Å². The quantitative estimate of drug-likeness (QED) is 0.801. The second-order valence-electron chi connectivity index (χ2n) is 4.33. The Morgan fingerprint density at radius 1 is 1.00 bits per heavy atom. The van der Waals surface area contributed by atoms with Crippen molar-refractivity contribution >= 4 is 17.4 Å². The zero-order valence-electron chi connectivity index (χ0n) is 11.6. The summed E-state index contributed by atoms with van der Waals surface area (Å²) < 4.78 is 10.4. The molecule has 3 nitrogen and oxygen atoms in total. The maximum Gasteiger partial charge on any atom is 0.194 e. The van der Waals surface area contributed by atoms with Crippen LogP contribution in [-0.4, -0.2) is 20.0 Å². The maximum absolute atomic E-state index is 12.6. The number of carbonyl (C=O) groups excluding carboxylic acids is 1. The smallest absolute Gasteiger partial charge is 0.194 e. The van der Waals surface area contributed by atoms with Gasteiger partial charge in [0.15, 0.2) is 17.3 Å². The third-order valence-corrected chi connectivity index (χ3v) is 3.42. The van der Waals surface area contributed by atoms with Gasteiger partial charge in [0, 0.05) is 17.2 Å². The molecule has 0 amide bonds. The molecule has 0 saturated carbocycles. The molecule has 2 aromatic rings. The predicted octanol–water partition coefficient (Wildman–Crippen LogP) is 3.90. The molecule has 0 spiro atoms. The minimum Gasteiger partial charge on any atom is -0.493 e. The first-order valence-corrected chi connectivity index (χ1v) is 6.48. The van der Waals surface area contributed by atoms with Crippen molar-refractivity contribution in [3.8, 4) is 11.5 Å². The molecule has 0 fully saturated rings. The average molecular weight is 291 g/mol. The van der Waals surface area contributed by atoms with Gasteiger partial charge in [0.25, 0.3) is 0 Å². The van der Waals surface area contributed by atoms with Crippen LogP contribution in [-0.2, 0) is 0 Å². The van der Waals surface area contributed by atoms with Crippen LogP contribution in [0.5, 0.6) is 11.5 Å². The van der Waals surface area contributed by atoms with Crippen molar-refractivity contribution in [1.82, 2.24) is 0 Å². The fourth-order valence-electron chi connectivity index (χ4n) is 2.00. The first-order valence-electron chi connectivity index (χ1n) is 6.10. The van der Waals surface area contributed by atoms with Crippen LogP contribution in [0, 0.1) is 6.92 Å². The highest BCUT2D eigenvalue weighted by atomic mass is 35.5. The van der Waals surface area contributed by atoms with Gasteiger partial charge < -0.3 is 9.47 Å². The fourth-order valence-corrected chi connectivity index (χ4v) is 2.24. The molecule has 0 aliphatic heterocycles. The van der Waals surface area contributed by atoms with Crippen molar-refractivity contribution in [3.63, 3.8) is 0 Å². The standard InChI is InChI=1S/C16H15ClO3/c1-10-6-4-5-7-11(10)16(18)12-8-14(19-2)15(20-3)9-13(12)17/h4-9H,1-3H3. The van der Waals surface area contributed by atoms with Gasteiger partial charge in [0.1, 0.15) is 0 Å². The van der Waals surface area contributed by atoms with Crippen LogP contribution in [0.25, 0.3) is 0 Å². The summed E-state index contributed by atoms with van der Waals surface area (Å²) in [4.78, 5) is 12.6. The van der Waals surface area contributed by atoms with E-state index < -0.39 is 0 Å². The van der Waals surface area contributed by atoms with E-state index in [4.69, 9.17) is 21.1 Å². The van der Waals surface area contributed by atoms with Crippen molar-refractivity contribution in [2.75, 3.05) is 14.2 Å². The summed E-state index contributed by atoms with van der Waals surface area (Å²) in [6, 6.07) is 10.6. The van der Waals surface area contributed by atoms with Crippen LogP contribution < -0.4 is 9.47 Å². The normalized spacial score (nSPS) is 10.2.